The van der Waals surface area contributed by atoms with Gasteiger partial charge in [-0.2, -0.15) is 0 Å². The highest BCUT2D eigenvalue weighted by atomic mass is 15.2. The third-order valence-electron chi connectivity index (χ3n) is 4.96. The van der Waals surface area contributed by atoms with E-state index >= 15 is 0 Å². The molecule has 0 aromatic heterocycles. The van der Waals surface area contributed by atoms with Gasteiger partial charge >= 0.3 is 0 Å². The Labute approximate surface area is 122 Å². The van der Waals surface area contributed by atoms with Crippen molar-refractivity contribution in [1.82, 2.24) is 4.90 Å². The largest absolute Gasteiger partial charge is 0.369 e. The molecule has 1 saturated heterocycles. The molecule has 2 N–H and O–H groups in total. The molecule has 1 aromatic rings. The van der Waals surface area contributed by atoms with E-state index in [4.69, 9.17) is 5.73 Å². The van der Waals surface area contributed by atoms with Gasteiger partial charge in [-0.25, -0.2) is 0 Å². The number of aryl methyl sites for hydroxylation is 1. The van der Waals surface area contributed by atoms with E-state index in [0.29, 0.717) is 6.04 Å². The minimum atomic E-state index is 0.348. The predicted molar refractivity (Wildman–Crippen MR) is 85.5 cm³/mol. The van der Waals surface area contributed by atoms with E-state index in [2.05, 4.69) is 35.9 Å². The van der Waals surface area contributed by atoms with Crippen LogP contribution >= 0.6 is 0 Å². The van der Waals surface area contributed by atoms with Crippen molar-refractivity contribution in [2.24, 2.45) is 5.73 Å². The molecule has 3 rings (SSSR count). The lowest BCUT2D eigenvalue weighted by Crippen LogP contribution is -2.45. The lowest BCUT2D eigenvalue weighted by molar-refractivity contribution is 0.312. The molecule has 1 unspecified atom stereocenters. The molecule has 1 aromatic carbocycles. The van der Waals surface area contributed by atoms with Crippen molar-refractivity contribution in [2.75, 3.05) is 38.1 Å². The van der Waals surface area contributed by atoms with E-state index < -0.39 is 0 Å². The number of rotatable bonds is 2. The Kier molecular flexibility index (Phi) is 3.99. The number of piperazine rings is 1. The molecular formula is C17H27N3. The highest BCUT2D eigenvalue weighted by Crippen LogP contribution is 2.33. The van der Waals surface area contributed by atoms with E-state index in [9.17, 15) is 0 Å². The smallest absolute Gasteiger partial charge is 0.0403 e. The number of hydrogen-bond donors (Lipinski definition) is 1. The maximum absolute atomic E-state index is 6.23. The first kappa shape index (κ1) is 13.9. The van der Waals surface area contributed by atoms with Gasteiger partial charge in [0.05, 0.1) is 0 Å². The molecule has 1 atom stereocenters. The van der Waals surface area contributed by atoms with Crippen molar-refractivity contribution in [3.05, 3.63) is 28.8 Å². The summed E-state index contributed by atoms with van der Waals surface area (Å²) in [5, 5.41) is 0. The molecule has 0 saturated carbocycles. The Morgan fingerprint density at radius 1 is 1.15 bits per heavy atom. The van der Waals surface area contributed by atoms with Gasteiger partial charge in [0.25, 0.3) is 0 Å². The lowest BCUT2D eigenvalue weighted by Gasteiger charge is -2.37. The second kappa shape index (κ2) is 5.74. The summed E-state index contributed by atoms with van der Waals surface area (Å²) < 4.78 is 0. The zero-order chi connectivity index (χ0) is 14.1. The summed E-state index contributed by atoms with van der Waals surface area (Å²) in [6, 6.07) is 5.05. The number of nitrogens with zero attached hydrogens (tertiary/aromatic N) is 2. The van der Waals surface area contributed by atoms with Crippen LogP contribution in [0.15, 0.2) is 12.1 Å². The highest BCUT2D eigenvalue weighted by Gasteiger charge is 2.24. The third kappa shape index (κ3) is 2.57. The van der Waals surface area contributed by atoms with Crippen LogP contribution in [0.3, 0.4) is 0 Å². The van der Waals surface area contributed by atoms with E-state index in [0.717, 1.165) is 45.4 Å². The van der Waals surface area contributed by atoms with Gasteiger partial charge in [-0.3, -0.25) is 0 Å². The van der Waals surface area contributed by atoms with Crippen LogP contribution in [-0.2, 0) is 19.3 Å². The Bertz CT molecular complexity index is 475. The molecule has 20 heavy (non-hydrogen) atoms. The quantitative estimate of drug-likeness (QED) is 0.892. The zero-order valence-corrected chi connectivity index (χ0v) is 12.9. The van der Waals surface area contributed by atoms with E-state index in [1.54, 1.807) is 11.1 Å². The van der Waals surface area contributed by atoms with E-state index in [1.807, 2.05) is 0 Å². The SMILES string of the molecule is CCc1ccc(N2CCN(C)CC2)c2c1CCC(N)C2. The number of likely N-dealkylation sites (N-methyl/N-ethyl adjacent to an activating group) is 1. The average Bonchev–Trinajstić information content (AvgIpc) is 2.47. The molecule has 3 heteroatoms. The maximum atomic E-state index is 6.23. The Balaban J connectivity index is 1.95. The molecule has 110 valence electrons. The van der Waals surface area contributed by atoms with Crippen molar-refractivity contribution in [2.45, 2.75) is 38.6 Å². The Morgan fingerprint density at radius 3 is 2.60 bits per heavy atom. The van der Waals surface area contributed by atoms with Crippen molar-refractivity contribution in [1.29, 1.82) is 0 Å². The minimum absolute atomic E-state index is 0.348. The molecule has 1 aliphatic heterocycles. The van der Waals surface area contributed by atoms with Crippen molar-refractivity contribution in [3.8, 4) is 0 Å². The van der Waals surface area contributed by atoms with Crippen LogP contribution in [0.25, 0.3) is 0 Å². The topological polar surface area (TPSA) is 32.5 Å². The first-order valence-corrected chi connectivity index (χ1v) is 8.01. The first-order valence-electron chi connectivity index (χ1n) is 8.01. The number of fused-ring (bicyclic) bond motifs is 1. The average molecular weight is 273 g/mol. The van der Waals surface area contributed by atoms with Gasteiger partial charge in [-0.1, -0.05) is 13.0 Å². The van der Waals surface area contributed by atoms with Gasteiger partial charge in [-0.05, 0) is 55.5 Å². The fraction of sp³-hybridized carbons (Fsp3) is 0.647. The molecule has 1 heterocycles. The molecule has 0 bridgehead atoms. The van der Waals surface area contributed by atoms with Crippen molar-refractivity contribution < 1.29 is 0 Å². The van der Waals surface area contributed by atoms with Crippen LogP contribution in [0.5, 0.6) is 0 Å². The van der Waals surface area contributed by atoms with Crippen LogP contribution in [0.1, 0.15) is 30.0 Å². The van der Waals surface area contributed by atoms with Gasteiger partial charge in [0.15, 0.2) is 0 Å². The van der Waals surface area contributed by atoms with Gasteiger partial charge in [0.1, 0.15) is 0 Å². The molecule has 2 aliphatic rings. The van der Waals surface area contributed by atoms with Crippen LogP contribution in [0.2, 0.25) is 0 Å². The first-order chi connectivity index (χ1) is 9.69. The maximum Gasteiger partial charge on any atom is 0.0403 e. The Hall–Kier alpha value is -1.06. The normalized spacial score (nSPS) is 23.8. The second-order valence-electron chi connectivity index (χ2n) is 6.35. The fourth-order valence-corrected chi connectivity index (χ4v) is 3.64. The molecule has 0 radical (unpaired) electrons. The van der Waals surface area contributed by atoms with Crippen molar-refractivity contribution >= 4 is 5.69 Å². The van der Waals surface area contributed by atoms with Crippen molar-refractivity contribution in [3.63, 3.8) is 0 Å². The molecular weight excluding hydrogens is 246 g/mol. The van der Waals surface area contributed by atoms with E-state index in [-0.39, 0.29) is 0 Å². The monoisotopic (exact) mass is 273 g/mol. The second-order valence-corrected chi connectivity index (χ2v) is 6.35. The number of nitrogens with two attached hydrogens (primary N) is 1. The summed E-state index contributed by atoms with van der Waals surface area (Å²) in [7, 11) is 2.21. The standard InChI is InChI=1S/C17H27N3/c1-3-13-4-7-17(20-10-8-19(2)9-11-20)16-12-14(18)5-6-15(13)16/h4,7,14H,3,5-6,8-12,18H2,1-2H3. The molecule has 0 spiro atoms. The fourth-order valence-electron chi connectivity index (χ4n) is 3.64. The van der Waals surface area contributed by atoms with Crippen LogP contribution in [-0.4, -0.2) is 44.2 Å². The molecule has 1 fully saturated rings. The zero-order valence-electron chi connectivity index (χ0n) is 12.9. The number of benzene rings is 1. The molecule has 3 nitrogen and oxygen atoms in total. The number of hydrogen-bond acceptors (Lipinski definition) is 3. The lowest BCUT2D eigenvalue weighted by atomic mass is 9.83. The molecule has 0 amide bonds. The number of anilines is 1. The van der Waals surface area contributed by atoms with Gasteiger partial charge < -0.3 is 15.5 Å². The summed E-state index contributed by atoms with van der Waals surface area (Å²) in [4.78, 5) is 4.98. The summed E-state index contributed by atoms with van der Waals surface area (Å²) in [5.74, 6) is 0. The summed E-state index contributed by atoms with van der Waals surface area (Å²) in [5.41, 5.74) is 12.4. The minimum Gasteiger partial charge on any atom is -0.369 e. The highest BCUT2D eigenvalue weighted by molar-refractivity contribution is 5.60. The van der Waals surface area contributed by atoms with Crippen LogP contribution in [0.4, 0.5) is 5.69 Å². The van der Waals surface area contributed by atoms with Crippen LogP contribution in [0, 0.1) is 0 Å². The summed E-state index contributed by atoms with van der Waals surface area (Å²) in [6.07, 6.45) is 4.51. The predicted octanol–water partition coefficient (Wildman–Crippen LogP) is 1.82. The summed E-state index contributed by atoms with van der Waals surface area (Å²) in [6.45, 7) is 6.87. The van der Waals surface area contributed by atoms with Gasteiger partial charge in [-0.15, -0.1) is 0 Å². The third-order valence-corrected chi connectivity index (χ3v) is 4.96. The van der Waals surface area contributed by atoms with Gasteiger partial charge in [0, 0.05) is 37.9 Å². The molecule has 1 aliphatic carbocycles. The summed E-state index contributed by atoms with van der Waals surface area (Å²) >= 11 is 0. The Morgan fingerprint density at radius 2 is 1.90 bits per heavy atom. The van der Waals surface area contributed by atoms with Crippen LogP contribution < -0.4 is 10.6 Å². The van der Waals surface area contributed by atoms with Gasteiger partial charge in [0.2, 0.25) is 0 Å². The van der Waals surface area contributed by atoms with E-state index in [1.165, 1.54) is 17.7 Å².